The highest BCUT2D eigenvalue weighted by atomic mass is 35.5. The van der Waals surface area contributed by atoms with Crippen molar-refractivity contribution in [3.05, 3.63) is 34.9 Å². The van der Waals surface area contributed by atoms with Crippen molar-refractivity contribution in [3.8, 4) is 0 Å². The minimum Gasteiger partial charge on any atom is -0.123 e. The third-order valence-electron chi connectivity index (χ3n) is 3.16. The lowest BCUT2D eigenvalue weighted by molar-refractivity contribution is 0.496. The van der Waals surface area contributed by atoms with Gasteiger partial charge in [0.25, 0.3) is 0 Å². The monoisotopic (exact) mass is 224 g/mol. The predicted octanol–water partition coefficient (Wildman–Crippen LogP) is 4.50. The number of hydrogen-bond acceptors (Lipinski definition) is 0. The largest absolute Gasteiger partial charge is 0.123 e. The van der Waals surface area contributed by atoms with Crippen molar-refractivity contribution < 1.29 is 0 Å². The Labute approximate surface area is 98.7 Å². The van der Waals surface area contributed by atoms with E-state index in [0.29, 0.717) is 5.92 Å². The van der Waals surface area contributed by atoms with E-state index in [1.165, 1.54) is 16.7 Å². The molecule has 0 nitrogen and oxygen atoms in total. The van der Waals surface area contributed by atoms with Gasteiger partial charge in [-0.3, -0.25) is 0 Å². The molecular formula is C14H21Cl. The van der Waals surface area contributed by atoms with Gasteiger partial charge in [0.1, 0.15) is 0 Å². The fourth-order valence-electron chi connectivity index (χ4n) is 1.93. The Bertz CT molecular complexity index is 315. The molecule has 0 radical (unpaired) electrons. The molecule has 0 heterocycles. The van der Waals surface area contributed by atoms with Crippen LogP contribution >= 0.6 is 11.6 Å². The molecule has 0 amide bonds. The summed E-state index contributed by atoms with van der Waals surface area (Å²) in [6, 6.07) is 6.66. The topological polar surface area (TPSA) is 0 Å². The van der Waals surface area contributed by atoms with Gasteiger partial charge in [0, 0.05) is 5.38 Å². The van der Waals surface area contributed by atoms with E-state index in [1.54, 1.807) is 0 Å². The van der Waals surface area contributed by atoms with E-state index in [-0.39, 0.29) is 5.38 Å². The van der Waals surface area contributed by atoms with Crippen LogP contribution in [0.25, 0.3) is 0 Å². The molecule has 0 N–H and O–H groups in total. The summed E-state index contributed by atoms with van der Waals surface area (Å²) < 4.78 is 0. The third-order valence-corrected chi connectivity index (χ3v) is 3.52. The fraction of sp³-hybridized carbons (Fsp3) is 0.571. The number of aryl methyl sites for hydroxylation is 2. The lowest BCUT2D eigenvalue weighted by atomic mass is 9.91. The minimum absolute atomic E-state index is 0.259. The average molecular weight is 225 g/mol. The molecule has 1 heteroatoms. The van der Waals surface area contributed by atoms with Gasteiger partial charge in [0.05, 0.1) is 0 Å². The van der Waals surface area contributed by atoms with Gasteiger partial charge in [0.15, 0.2) is 0 Å². The van der Waals surface area contributed by atoms with E-state index in [4.69, 9.17) is 11.6 Å². The predicted molar refractivity (Wildman–Crippen MR) is 68.7 cm³/mol. The average Bonchev–Trinajstić information content (AvgIpc) is 2.18. The lowest BCUT2D eigenvalue weighted by Gasteiger charge is -2.18. The van der Waals surface area contributed by atoms with E-state index >= 15 is 0 Å². The SMILES string of the molecule is CCC(Cc1cc(C)ccc1C)C(C)Cl. The van der Waals surface area contributed by atoms with Crippen LogP contribution in [-0.4, -0.2) is 5.38 Å². The number of benzene rings is 1. The Kier molecular flexibility index (Phi) is 4.66. The second-order valence-corrected chi connectivity index (χ2v) is 5.17. The highest BCUT2D eigenvalue weighted by Gasteiger charge is 2.14. The van der Waals surface area contributed by atoms with E-state index < -0.39 is 0 Å². The van der Waals surface area contributed by atoms with Gasteiger partial charge in [-0.25, -0.2) is 0 Å². The van der Waals surface area contributed by atoms with Gasteiger partial charge in [0.2, 0.25) is 0 Å². The van der Waals surface area contributed by atoms with Crippen LogP contribution in [0.1, 0.15) is 37.0 Å². The second kappa shape index (κ2) is 5.55. The number of halogens is 1. The Balaban J connectivity index is 2.82. The molecule has 0 fully saturated rings. The lowest BCUT2D eigenvalue weighted by Crippen LogP contribution is -2.14. The Morgan fingerprint density at radius 2 is 1.93 bits per heavy atom. The number of rotatable bonds is 4. The van der Waals surface area contributed by atoms with Gasteiger partial charge >= 0.3 is 0 Å². The molecule has 1 aromatic carbocycles. The zero-order valence-electron chi connectivity index (χ0n) is 10.2. The van der Waals surface area contributed by atoms with Crippen LogP contribution < -0.4 is 0 Å². The van der Waals surface area contributed by atoms with Crippen LogP contribution in [-0.2, 0) is 6.42 Å². The first-order chi connectivity index (χ1) is 7.04. The molecule has 0 bridgehead atoms. The van der Waals surface area contributed by atoms with Crippen molar-refractivity contribution in [2.45, 2.75) is 45.9 Å². The van der Waals surface area contributed by atoms with Crippen molar-refractivity contribution in [2.75, 3.05) is 0 Å². The Morgan fingerprint density at radius 3 is 2.47 bits per heavy atom. The molecule has 2 unspecified atom stereocenters. The molecule has 15 heavy (non-hydrogen) atoms. The van der Waals surface area contributed by atoms with E-state index in [9.17, 15) is 0 Å². The van der Waals surface area contributed by atoms with Crippen molar-refractivity contribution >= 4 is 11.6 Å². The fourth-order valence-corrected chi connectivity index (χ4v) is 2.20. The molecular weight excluding hydrogens is 204 g/mol. The normalized spacial score (nSPS) is 15.0. The van der Waals surface area contributed by atoms with E-state index in [1.807, 2.05) is 0 Å². The Hall–Kier alpha value is -0.490. The maximum absolute atomic E-state index is 6.19. The van der Waals surface area contributed by atoms with Crippen molar-refractivity contribution in [1.82, 2.24) is 0 Å². The third kappa shape index (κ3) is 3.53. The molecule has 0 aliphatic rings. The molecule has 1 aromatic rings. The van der Waals surface area contributed by atoms with E-state index in [0.717, 1.165) is 12.8 Å². The first kappa shape index (κ1) is 12.6. The standard InChI is InChI=1S/C14H21Cl/c1-5-13(12(4)15)9-14-8-10(2)6-7-11(14)3/h6-8,12-13H,5,9H2,1-4H3. The summed E-state index contributed by atoms with van der Waals surface area (Å²) in [4.78, 5) is 0. The summed E-state index contributed by atoms with van der Waals surface area (Å²) in [5.41, 5.74) is 4.18. The summed E-state index contributed by atoms with van der Waals surface area (Å²) in [6.45, 7) is 8.64. The summed E-state index contributed by atoms with van der Waals surface area (Å²) in [6.07, 6.45) is 2.26. The van der Waals surface area contributed by atoms with Gasteiger partial charge < -0.3 is 0 Å². The minimum atomic E-state index is 0.259. The van der Waals surface area contributed by atoms with Crippen LogP contribution in [0.15, 0.2) is 18.2 Å². The molecule has 1 rings (SSSR count). The zero-order valence-corrected chi connectivity index (χ0v) is 10.9. The van der Waals surface area contributed by atoms with Crippen LogP contribution in [0.3, 0.4) is 0 Å². The first-order valence-electron chi connectivity index (χ1n) is 5.74. The summed E-state index contributed by atoms with van der Waals surface area (Å²) in [5.74, 6) is 0.590. The molecule has 0 aromatic heterocycles. The molecule has 0 aliphatic heterocycles. The molecule has 2 atom stereocenters. The summed E-state index contributed by atoms with van der Waals surface area (Å²) in [5, 5.41) is 0.259. The smallest absolute Gasteiger partial charge is 0.0339 e. The molecule has 0 spiro atoms. The van der Waals surface area contributed by atoms with Gasteiger partial charge in [-0.15, -0.1) is 11.6 Å². The summed E-state index contributed by atoms with van der Waals surface area (Å²) >= 11 is 6.19. The number of hydrogen-bond donors (Lipinski definition) is 0. The van der Waals surface area contributed by atoms with Crippen LogP contribution in [0.4, 0.5) is 0 Å². The van der Waals surface area contributed by atoms with Crippen molar-refractivity contribution in [3.63, 3.8) is 0 Å². The maximum atomic E-state index is 6.19. The van der Waals surface area contributed by atoms with E-state index in [2.05, 4.69) is 45.9 Å². The van der Waals surface area contributed by atoms with Crippen LogP contribution in [0, 0.1) is 19.8 Å². The highest BCUT2D eigenvalue weighted by Crippen LogP contribution is 2.22. The van der Waals surface area contributed by atoms with Crippen molar-refractivity contribution in [1.29, 1.82) is 0 Å². The first-order valence-corrected chi connectivity index (χ1v) is 6.18. The zero-order chi connectivity index (χ0) is 11.4. The van der Waals surface area contributed by atoms with Crippen LogP contribution in [0.5, 0.6) is 0 Å². The molecule has 84 valence electrons. The molecule has 0 saturated carbocycles. The summed E-state index contributed by atoms with van der Waals surface area (Å²) in [7, 11) is 0. The van der Waals surface area contributed by atoms with Gasteiger partial charge in [-0.1, -0.05) is 37.1 Å². The molecule has 0 aliphatic carbocycles. The maximum Gasteiger partial charge on any atom is 0.0339 e. The quantitative estimate of drug-likeness (QED) is 0.661. The van der Waals surface area contributed by atoms with Crippen LogP contribution in [0.2, 0.25) is 0 Å². The Morgan fingerprint density at radius 1 is 1.27 bits per heavy atom. The highest BCUT2D eigenvalue weighted by molar-refractivity contribution is 6.20. The van der Waals surface area contributed by atoms with Gasteiger partial charge in [-0.05, 0) is 44.2 Å². The van der Waals surface area contributed by atoms with Crippen molar-refractivity contribution in [2.24, 2.45) is 5.92 Å². The second-order valence-electron chi connectivity index (χ2n) is 4.48. The number of alkyl halides is 1. The van der Waals surface area contributed by atoms with Gasteiger partial charge in [-0.2, -0.15) is 0 Å². The molecule has 0 saturated heterocycles.